The van der Waals surface area contributed by atoms with Gasteiger partial charge in [0.05, 0.1) is 41.1 Å². The van der Waals surface area contributed by atoms with Crippen LogP contribution in [0.25, 0.3) is 22.2 Å². The molecule has 0 bridgehead atoms. The summed E-state index contributed by atoms with van der Waals surface area (Å²) in [5, 5.41) is 7.12. The van der Waals surface area contributed by atoms with E-state index in [2.05, 4.69) is 50.6 Å². The second-order valence-electron chi connectivity index (χ2n) is 9.32. The van der Waals surface area contributed by atoms with Crippen molar-refractivity contribution < 1.29 is 14.3 Å². The maximum absolute atomic E-state index is 12.3. The Hall–Kier alpha value is -4.38. The van der Waals surface area contributed by atoms with Crippen LogP contribution in [0, 0.1) is 0 Å². The van der Waals surface area contributed by atoms with Crippen molar-refractivity contribution in [2.75, 3.05) is 55.9 Å². The third-order valence-electron chi connectivity index (χ3n) is 6.60. The highest BCUT2D eigenvalue weighted by molar-refractivity contribution is 6.66. The number of anilines is 4. The molecule has 0 aliphatic carbocycles. The van der Waals surface area contributed by atoms with Gasteiger partial charge >= 0.3 is 0 Å². The predicted molar refractivity (Wildman–Crippen MR) is 170 cm³/mol. The summed E-state index contributed by atoms with van der Waals surface area (Å²) in [4.78, 5) is 38.6. The molecule has 5 rings (SSSR count). The fraction of sp³-hybridized carbons (Fsp3) is 0.200. The Bertz CT molecular complexity index is 1610. The van der Waals surface area contributed by atoms with Crippen molar-refractivity contribution in [3.8, 4) is 17.0 Å². The number of halogens is 2. The number of para-hydroxylation sites is 1. The van der Waals surface area contributed by atoms with E-state index < -0.39 is 5.24 Å². The molecule has 2 aromatic heterocycles. The SMILES string of the molecule is C=CC(=O)Cl.C=CC(=O)Nc1cc(Nc2ncc(Cl)c(-c3c[nH]c4ccccc34)n2)c(OC)cc1N1CCN(C)CC1. The monoisotopic (exact) mass is 607 g/mol. The van der Waals surface area contributed by atoms with Gasteiger partial charge in [-0.3, -0.25) is 9.59 Å². The number of carbonyl (C=O) groups excluding carboxylic acids is 2. The average Bonchev–Trinajstić information content (AvgIpc) is 3.43. The molecule has 1 amide bonds. The summed E-state index contributed by atoms with van der Waals surface area (Å²) in [6.45, 7) is 10.2. The Morgan fingerprint density at radius 3 is 2.48 bits per heavy atom. The molecule has 0 radical (unpaired) electrons. The Kier molecular flexibility index (Phi) is 10.2. The molecular weight excluding hydrogens is 577 g/mol. The van der Waals surface area contributed by atoms with E-state index in [0.29, 0.717) is 33.8 Å². The molecule has 0 spiro atoms. The van der Waals surface area contributed by atoms with Crippen LogP contribution in [0.5, 0.6) is 5.75 Å². The van der Waals surface area contributed by atoms with E-state index in [-0.39, 0.29) is 5.91 Å². The number of methoxy groups -OCH3 is 1. The van der Waals surface area contributed by atoms with Crippen LogP contribution in [-0.4, -0.2) is 71.3 Å². The Labute approximate surface area is 254 Å². The lowest BCUT2D eigenvalue weighted by Gasteiger charge is -2.35. The van der Waals surface area contributed by atoms with E-state index in [1.807, 2.05) is 42.6 Å². The Balaban J connectivity index is 0.000000748. The first-order chi connectivity index (χ1) is 20.2. The number of piperazine rings is 1. The number of benzene rings is 2. The summed E-state index contributed by atoms with van der Waals surface area (Å²) in [7, 11) is 3.71. The Morgan fingerprint density at radius 1 is 1.10 bits per heavy atom. The molecule has 2 aromatic carbocycles. The quantitative estimate of drug-likeness (QED) is 0.169. The van der Waals surface area contributed by atoms with Crippen molar-refractivity contribution in [3.05, 3.63) is 79.1 Å². The number of rotatable bonds is 8. The first-order valence-corrected chi connectivity index (χ1v) is 13.8. The van der Waals surface area contributed by atoms with Crippen molar-refractivity contribution in [2.24, 2.45) is 0 Å². The molecule has 0 atom stereocenters. The third kappa shape index (κ3) is 7.27. The van der Waals surface area contributed by atoms with E-state index in [1.165, 1.54) is 6.08 Å². The van der Waals surface area contributed by atoms with E-state index >= 15 is 0 Å². The number of nitrogens with one attached hydrogen (secondary N) is 3. The third-order valence-corrected chi connectivity index (χ3v) is 7.03. The standard InChI is InChI=1S/C27H28ClN7O2.C3H3ClO/c1-4-25(36)31-21-13-22(24(37-3)14-23(21)35-11-9-34(2)10-12-35)32-27-30-16-19(28)26(33-27)18-15-29-20-8-6-5-7-17(18)20;1-2-3(4)5/h4-8,13-16,29H,1,9-12H2,2-3H3,(H,31,36)(H,30,32,33);2H,1H2. The van der Waals surface area contributed by atoms with Crippen molar-refractivity contribution in [1.82, 2.24) is 19.9 Å². The lowest BCUT2D eigenvalue weighted by atomic mass is 10.1. The van der Waals surface area contributed by atoms with Crippen LogP contribution < -0.4 is 20.3 Å². The first-order valence-electron chi connectivity index (χ1n) is 13.0. The van der Waals surface area contributed by atoms with Gasteiger partial charge in [0.15, 0.2) is 0 Å². The highest BCUT2D eigenvalue weighted by Crippen LogP contribution is 2.39. The van der Waals surface area contributed by atoms with Crippen LogP contribution in [0.1, 0.15) is 0 Å². The number of ether oxygens (including phenoxy) is 1. The number of fused-ring (bicyclic) bond motifs is 1. The average molecular weight is 609 g/mol. The molecule has 1 fully saturated rings. The maximum Gasteiger partial charge on any atom is 0.247 e. The van der Waals surface area contributed by atoms with Gasteiger partial charge in [-0.25, -0.2) is 9.97 Å². The van der Waals surface area contributed by atoms with Crippen LogP contribution in [0.3, 0.4) is 0 Å². The number of likely N-dealkylation sites (N-methyl/N-ethyl adjacent to an activating group) is 1. The lowest BCUT2D eigenvalue weighted by molar-refractivity contribution is -0.112. The number of nitrogens with zero attached hydrogens (tertiary/aromatic N) is 4. The molecule has 10 nitrogen and oxygen atoms in total. The van der Waals surface area contributed by atoms with E-state index in [9.17, 15) is 9.59 Å². The van der Waals surface area contributed by atoms with Gasteiger partial charge in [0, 0.05) is 54.9 Å². The molecule has 0 unspecified atom stereocenters. The normalized spacial score (nSPS) is 13.1. The second-order valence-corrected chi connectivity index (χ2v) is 10.1. The molecule has 3 N–H and O–H groups in total. The molecular formula is C30H31Cl2N7O3. The van der Waals surface area contributed by atoms with Gasteiger partial charge in [-0.15, -0.1) is 0 Å². The smallest absolute Gasteiger partial charge is 0.247 e. The van der Waals surface area contributed by atoms with Crippen LogP contribution in [0.15, 0.2) is 74.1 Å². The number of H-pyrrole nitrogens is 1. The number of hydrogen-bond acceptors (Lipinski definition) is 8. The summed E-state index contributed by atoms with van der Waals surface area (Å²) in [5.74, 6) is 0.643. The predicted octanol–water partition coefficient (Wildman–Crippen LogP) is 5.84. The summed E-state index contributed by atoms with van der Waals surface area (Å²) in [6, 6.07) is 11.7. The zero-order valence-electron chi connectivity index (χ0n) is 23.3. The minimum absolute atomic E-state index is 0.296. The van der Waals surface area contributed by atoms with Crippen molar-refractivity contribution >= 4 is 68.3 Å². The molecule has 1 saturated heterocycles. The van der Waals surface area contributed by atoms with Crippen molar-refractivity contribution in [2.45, 2.75) is 0 Å². The molecule has 218 valence electrons. The number of hydrogen-bond donors (Lipinski definition) is 3. The maximum atomic E-state index is 12.3. The number of allylic oxidation sites excluding steroid dienone is 1. The zero-order chi connectivity index (χ0) is 30.2. The summed E-state index contributed by atoms with van der Waals surface area (Å²) >= 11 is 11.2. The van der Waals surface area contributed by atoms with Gasteiger partial charge in [-0.1, -0.05) is 43.0 Å². The minimum atomic E-state index is -0.509. The number of carbonyl (C=O) groups is 2. The topological polar surface area (TPSA) is 115 Å². The lowest BCUT2D eigenvalue weighted by Crippen LogP contribution is -2.44. The van der Waals surface area contributed by atoms with Crippen molar-refractivity contribution in [3.63, 3.8) is 0 Å². The molecule has 12 heteroatoms. The molecule has 1 aliphatic heterocycles. The van der Waals surface area contributed by atoms with Gasteiger partial charge < -0.3 is 30.2 Å². The molecule has 1 aliphatic rings. The van der Waals surface area contributed by atoms with Gasteiger partial charge in [0.25, 0.3) is 0 Å². The largest absolute Gasteiger partial charge is 0.494 e. The van der Waals surface area contributed by atoms with Gasteiger partial charge in [-0.2, -0.15) is 0 Å². The van der Waals surface area contributed by atoms with Crippen LogP contribution in [0.2, 0.25) is 5.02 Å². The zero-order valence-corrected chi connectivity index (χ0v) is 24.8. The number of amides is 1. The van der Waals surface area contributed by atoms with Crippen LogP contribution in [0.4, 0.5) is 23.0 Å². The second kappa shape index (κ2) is 14.0. The molecule has 4 aromatic rings. The van der Waals surface area contributed by atoms with Crippen LogP contribution >= 0.6 is 23.2 Å². The van der Waals surface area contributed by atoms with E-state index in [4.69, 9.17) is 32.9 Å². The fourth-order valence-electron chi connectivity index (χ4n) is 4.43. The summed E-state index contributed by atoms with van der Waals surface area (Å²) in [5.41, 5.74) is 4.59. The number of aromatic amines is 1. The van der Waals surface area contributed by atoms with E-state index in [0.717, 1.165) is 54.4 Å². The molecule has 3 heterocycles. The summed E-state index contributed by atoms with van der Waals surface area (Å²) in [6.07, 6.45) is 5.75. The Morgan fingerprint density at radius 2 is 1.81 bits per heavy atom. The van der Waals surface area contributed by atoms with E-state index in [1.54, 1.807) is 13.3 Å². The highest BCUT2D eigenvalue weighted by atomic mass is 35.5. The van der Waals surface area contributed by atoms with Gasteiger partial charge in [0.2, 0.25) is 17.1 Å². The first kappa shape index (κ1) is 30.6. The summed E-state index contributed by atoms with van der Waals surface area (Å²) < 4.78 is 5.72. The highest BCUT2D eigenvalue weighted by Gasteiger charge is 2.21. The van der Waals surface area contributed by atoms with Crippen LogP contribution in [-0.2, 0) is 9.59 Å². The molecule has 42 heavy (non-hydrogen) atoms. The van der Waals surface area contributed by atoms with Gasteiger partial charge in [-0.05, 0) is 42.9 Å². The van der Waals surface area contributed by atoms with Crippen molar-refractivity contribution in [1.29, 1.82) is 0 Å². The fourth-order valence-corrected chi connectivity index (χ4v) is 4.63. The van der Waals surface area contributed by atoms with Gasteiger partial charge in [0.1, 0.15) is 5.75 Å². The molecule has 0 saturated carbocycles. The number of aromatic nitrogens is 3. The minimum Gasteiger partial charge on any atom is -0.494 e.